The highest BCUT2D eigenvalue weighted by molar-refractivity contribution is 5.91. The maximum absolute atomic E-state index is 12.2. The first-order valence-corrected chi connectivity index (χ1v) is 7.44. The maximum atomic E-state index is 12.2. The first-order chi connectivity index (χ1) is 11.5. The van der Waals surface area contributed by atoms with E-state index in [2.05, 4.69) is 0 Å². The number of aromatic hydroxyl groups is 2. The second-order valence-corrected chi connectivity index (χ2v) is 5.46. The van der Waals surface area contributed by atoms with Crippen LogP contribution in [0.25, 0.3) is 11.1 Å². The Kier molecular flexibility index (Phi) is 4.20. The van der Waals surface area contributed by atoms with Crippen LogP contribution in [-0.4, -0.2) is 16.2 Å². The van der Waals surface area contributed by atoms with Gasteiger partial charge in [-0.2, -0.15) is 0 Å². The van der Waals surface area contributed by atoms with Crippen molar-refractivity contribution in [3.63, 3.8) is 0 Å². The van der Waals surface area contributed by atoms with E-state index >= 15 is 0 Å². The molecule has 4 heteroatoms. The van der Waals surface area contributed by atoms with Crippen molar-refractivity contribution in [1.82, 2.24) is 0 Å². The molecule has 0 saturated carbocycles. The molecule has 3 aromatic rings. The molecule has 0 atom stereocenters. The van der Waals surface area contributed by atoms with Crippen LogP contribution in [0.3, 0.4) is 0 Å². The Labute approximate surface area is 139 Å². The van der Waals surface area contributed by atoms with Crippen molar-refractivity contribution in [3.05, 3.63) is 77.9 Å². The van der Waals surface area contributed by atoms with Gasteiger partial charge in [-0.1, -0.05) is 24.3 Å². The van der Waals surface area contributed by atoms with Crippen LogP contribution in [-0.2, 0) is 0 Å². The van der Waals surface area contributed by atoms with Gasteiger partial charge in [0.2, 0.25) is 0 Å². The molecule has 4 nitrogen and oxygen atoms in total. The van der Waals surface area contributed by atoms with Gasteiger partial charge >= 0.3 is 5.97 Å². The lowest BCUT2D eigenvalue weighted by atomic mass is 10.0. The predicted molar refractivity (Wildman–Crippen MR) is 91.3 cm³/mol. The number of hydrogen-bond acceptors (Lipinski definition) is 4. The van der Waals surface area contributed by atoms with E-state index in [9.17, 15) is 15.0 Å². The summed E-state index contributed by atoms with van der Waals surface area (Å²) in [6.07, 6.45) is 0. The standard InChI is InChI=1S/C20H16O4/c1-13-12-18(10-11-19(13)22)24-20(23)16-4-2-14(3-5-16)15-6-8-17(21)9-7-15/h2-12,21-22H,1H3. The lowest BCUT2D eigenvalue weighted by Crippen LogP contribution is -2.08. The number of phenolic OH excluding ortho intramolecular Hbond substituents is 2. The number of esters is 1. The molecule has 0 amide bonds. The van der Waals surface area contributed by atoms with Gasteiger partial charge in [0.05, 0.1) is 5.56 Å². The van der Waals surface area contributed by atoms with Gasteiger partial charge < -0.3 is 14.9 Å². The lowest BCUT2D eigenvalue weighted by molar-refractivity contribution is 0.0734. The van der Waals surface area contributed by atoms with Gasteiger partial charge in [-0.05, 0) is 66.1 Å². The Morgan fingerprint density at radius 2 is 1.42 bits per heavy atom. The smallest absolute Gasteiger partial charge is 0.343 e. The van der Waals surface area contributed by atoms with Crippen LogP contribution in [0.4, 0.5) is 0 Å². The summed E-state index contributed by atoms with van der Waals surface area (Å²) < 4.78 is 5.31. The molecule has 0 aromatic heterocycles. The largest absolute Gasteiger partial charge is 0.508 e. The van der Waals surface area contributed by atoms with Crippen LogP contribution in [0.2, 0.25) is 0 Å². The fourth-order valence-electron chi connectivity index (χ4n) is 2.31. The average Bonchev–Trinajstić information content (AvgIpc) is 2.59. The van der Waals surface area contributed by atoms with E-state index < -0.39 is 5.97 Å². The van der Waals surface area contributed by atoms with Crippen molar-refractivity contribution < 1.29 is 19.7 Å². The van der Waals surface area contributed by atoms with Gasteiger partial charge in [0, 0.05) is 0 Å². The first-order valence-electron chi connectivity index (χ1n) is 7.44. The van der Waals surface area contributed by atoms with Crippen LogP contribution >= 0.6 is 0 Å². The minimum Gasteiger partial charge on any atom is -0.508 e. The highest BCUT2D eigenvalue weighted by Crippen LogP contribution is 2.24. The molecule has 0 bridgehead atoms. The van der Waals surface area contributed by atoms with Crippen molar-refractivity contribution in [2.75, 3.05) is 0 Å². The average molecular weight is 320 g/mol. The Morgan fingerprint density at radius 1 is 0.833 bits per heavy atom. The Morgan fingerprint density at radius 3 is 2.00 bits per heavy atom. The van der Waals surface area contributed by atoms with Crippen LogP contribution in [0.5, 0.6) is 17.2 Å². The number of aryl methyl sites for hydroxylation is 1. The fourth-order valence-corrected chi connectivity index (χ4v) is 2.31. The minimum absolute atomic E-state index is 0.160. The van der Waals surface area contributed by atoms with Crippen LogP contribution in [0.1, 0.15) is 15.9 Å². The van der Waals surface area contributed by atoms with E-state index in [-0.39, 0.29) is 11.5 Å². The highest BCUT2D eigenvalue weighted by Gasteiger charge is 2.10. The monoisotopic (exact) mass is 320 g/mol. The second kappa shape index (κ2) is 6.46. The summed E-state index contributed by atoms with van der Waals surface area (Å²) in [6.45, 7) is 1.74. The molecule has 3 aromatic carbocycles. The van der Waals surface area contributed by atoms with E-state index in [1.54, 1.807) is 43.3 Å². The Balaban J connectivity index is 1.76. The van der Waals surface area contributed by atoms with Crippen molar-refractivity contribution in [2.24, 2.45) is 0 Å². The molecule has 120 valence electrons. The van der Waals surface area contributed by atoms with Gasteiger partial charge in [0.1, 0.15) is 17.2 Å². The maximum Gasteiger partial charge on any atom is 0.343 e. The second-order valence-electron chi connectivity index (χ2n) is 5.46. The van der Waals surface area contributed by atoms with Crippen LogP contribution < -0.4 is 4.74 Å². The molecule has 0 aliphatic rings. The SMILES string of the molecule is Cc1cc(OC(=O)c2ccc(-c3ccc(O)cc3)cc2)ccc1O. The lowest BCUT2D eigenvalue weighted by Gasteiger charge is -2.07. The molecule has 0 aliphatic heterocycles. The fraction of sp³-hybridized carbons (Fsp3) is 0.0500. The molecule has 0 aliphatic carbocycles. The number of rotatable bonds is 3. The molecule has 0 fully saturated rings. The summed E-state index contributed by atoms with van der Waals surface area (Å²) in [6, 6.07) is 18.5. The number of benzene rings is 3. The zero-order chi connectivity index (χ0) is 17.1. The van der Waals surface area contributed by atoms with Gasteiger partial charge in [-0.3, -0.25) is 0 Å². The number of phenols is 2. The molecule has 24 heavy (non-hydrogen) atoms. The molecule has 0 saturated heterocycles. The van der Waals surface area contributed by atoms with Gasteiger partial charge in [-0.15, -0.1) is 0 Å². The van der Waals surface area contributed by atoms with E-state index in [1.165, 1.54) is 6.07 Å². The Hall–Kier alpha value is -3.27. The van der Waals surface area contributed by atoms with Gasteiger partial charge in [0.15, 0.2) is 0 Å². The summed E-state index contributed by atoms with van der Waals surface area (Å²) >= 11 is 0. The summed E-state index contributed by atoms with van der Waals surface area (Å²) in [4.78, 5) is 12.2. The predicted octanol–water partition coefficient (Wildman–Crippen LogP) is 4.29. The quantitative estimate of drug-likeness (QED) is 0.558. The molecule has 0 heterocycles. The third-order valence-electron chi connectivity index (χ3n) is 3.70. The van der Waals surface area contributed by atoms with Crippen molar-refractivity contribution >= 4 is 5.97 Å². The number of carbonyl (C=O) groups excluding carboxylic acids is 1. The van der Waals surface area contributed by atoms with Crippen molar-refractivity contribution in [2.45, 2.75) is 6.92 Å². The summed E-state index contributed by atoms with van der Waals surface area (Å²) in [5.41, 5.74) is 2.96. The zero-order valence-corrected chi connectivity index (χ0v) is 13.1. The van der Waals surface area contributed by atoms with E-state index in [4.69, 9.17) is 4.74 Å². The molecular formula is C20H16O4. The summed E-state index contributed by atoms with van der Waals surface area (Å²) in [5, 5.41) is 18.8. The highest BCUT2D eigenvalue weighted by atomic mass is 16.5. The summed E-state index contributed by atoms with van der Waals surface area (Å²) in [5.74, 6) is 0.298. The van der Waals surface area contributed by atoms with E-state index in [0.29, 0.717) is 16.9 Å². The number of carbonyl (C=O) groups is 1. The topological polar surface area (TPSA) is 66.8 Å². The Bertz CT molecular complexity index is 865. The number of hydrogen-bond donors (Lipinski definition) is 2. The molecule has 0 unspecified atom stereocenters. The molecule has 0 spiro atoms. The normalized spacial score (nSPS) is 10.4. The summed E-state index contributed by atoms with van der Waals surface area (Å²) in [7, 11) is 0. The zero-order valence-electron chi connectivity index (χ0n) is 13.1. The molecule has 0 radical (unpaired) electrons. The van der Waals surface area contributed by atoms with Crippen molar-refractivity contribution in [1.29, 1.82) is 0 Å². The van der Waals surface area contributed by atoms with E-state index in [0.717, 1.165) is 11.1 Å². The van der Waals surface area contributed by atoms with Crippen molar-refractivity contribution in [3.8, 4) is 28.4 Å². The third kappa shape index (κ3) is 3.38. The third-order valence-corrected chi connectivity index (χ3v) is 3.70. The molecule has 3 rings (SSSR count). The molecule has 2 N–H and O–H groups in total. The molecular weight excluding hydrogens is 304 g/mol. The van der Waals surface area contributed by atoms with E-state index in [1.807, 2.05) is 24.3 Å². The minimum atomic E-state index is -0.461. The number of ether oxygens (including phenoxy) is 1. The van der Waals surface area contributed by atoms with Gasteiger partial charge in [-0.25, -0.2) is 4.79 Å². The van der Waals surface area contributed by atoms with Crippen LogP contribution in [0.15, 0.2) is 66.7 Å². The first kappa shape index (κ1) is 15.6. The van der Waals surface area contributed by atoms with Gasteiger partial charge in [0.25, 0.3) is 0 Å². The van der Waals surface area contributed by atoms with Crippen LogP contribution in [0, 0.1) is 6.92 Å².